The summed E-state index contributed by atoms with van der Waals surface area (Å²) >= 11 is 0. The Kier molecular flexibility index (Phi) is 4.14. The van der Waals surface area contributed by atoms with Gasteiger partial charge in [-0.15, -0.1) is 0 Å². The molecule has 2 amide bonds. The monoisotopic (exact) mass is 325 g/mol. The van der Waals surface area contributed by atoms with Gasteiger partial charge < -0.3 is 14.5 Å². The largest absolute Gasteiger partial charge is 0.417 e. The number of pyridine rings is 1. The third-order valence-electron chi connectivity index (χ3n) is 4.41. The van der Waals surface area contributed by atoms with Crippen molar-refractivity contribution in [2.24, 2.45) is 11.8 Å². The van der Waals surface area contributed by atoms with Gasteiger partial charge in [0.05, 0.1) is 5.56 Å². The molecule has 0 aromatic carbocycles. The van der Waals surface area contributed by atoms with Gasteiger partial charge >= 0.3 is 6.61 Å². The molecule has 3 heterocycles. The number of hydrogen-bond donors (Lipinski definition) is 0. The third kappa shape index (κ3) is 3.25. The lowest BCUT2D eigenvalue weighted by molar-refractivity contribution is -0.128. The number of ether oxygens (including phenoxy) is 1. The molecule has 0 aliphatic carbocycles. The molecule has 23 heavy (non-hydrogen) atoms. The summed E-state index contributed by atoms with van der Waals surface area (Å²) in [6.45, 7) is 1.18. The van der Waals surface area contributed by atoms with Crippen molar-refractivity contribution in [2.75, 3.05) is 26.2 Å². The Labute approximate surface area is 132 Å². The molecule has 2 atom stereocenters. The van der Waals surface area contributed by atoms with Gasteiger partial charge in [0.2, 0.25) is 11.8 Å². The van der Waals surface area contributed by atoms with Crippen LogP contribution in [0.2, 0.25) is 0 Å². The number of amides is 2. The summed E-state index contributed by atoms with van der Waals surface area (Å²) in [5.74, 6) is 0.280. The predicted molar refractivity (Wildman–Crippen MR) is 76.0 cm³/mol. The SMILES string of the molecule is CC(=O)N1C[C@@H]2CN(C(=O)c3ccc(OC(F)F)nc3)C[C@@H]2C1. The van der Waals surface area contributed by atoms with E-state index in [0.29, 0.717) is 43.6 Å². The molecule has 0 unspecified atom stereocenters. The van der Waals surface area contributed by atoms with Crippen molar-refractivity contribution in [1.82, 2.24) is 14.8 Å². The lowest BCUT2D eigenvalue weighted by atomic mass is 10.0. The Balaban J connectivity index is 1.61. The van der Waals surface area contributed by atoms with Crippen LogP contribution in [0.4, 0.5) is 8.78 Å². The fourth-order valence-corrected chi connectivity index (χ4v) is 3.27. The van der Waals surface area contributed by atoms with E-state index in [1.807, 2.05) is 4.90 Å². The van der Waals surface area contributed by atoms with Gasteiger partial charge in [-0.3, -0.25) is 9.59 Å². The van der Waals surface area contributed by atoms with Gasteiger partial charge in [-0.25, -0.2) is 4.98 Å². The number of alkyl halides is 2. The van der Waals surface area contributed by atoms with Crippen molar-refractivity contribution in [3.63, 3.8) is 0 Å². The van der Waals surface area contributed by atoms with Crippen molar-refractivity contribution in [3.05, 3.63) is 23.9 Å². The van der Waals surface area contributed by atoms with E-state index in [-0.39, 0.29) is 17.7 Å². The number of likely N-dealkylation sites (tertiary alicyclic amines) is 2. The fourth-order valence-electron chi connectivity index (χ4n) is 3.27. The average molecular weight is 325 g/mol. The van der Waals surface area contributed by atoms with Crippen molar-refractivity contribution < 1.29 is 23.1 Å². The minimum atomic E-state index is -2.94. The van der Waals surface area contributed by atoms with Gasteiger partial charge in [0, 0.05) is 57.2 Å². The van der Waals surface area contributed by atoms with Crippen molar-refractivity contribution >= 4 is 11.8 Å². The summed E-state index contributed by atoms with van der Waals surface area (Å²) < 4.78 is 28.3. The van der Waals surface area contributed by atoms with Crippen LogP contribution >= 0.6 is 0 Å². The van der Waals surface area contributed by atoms with Crippen molar-refractivity contribution in [1.29, 1.82) is 0 Å². The maximum Gasteiger partial charge on any atom is 0.388 e. The number of fused-ring (bicyclic) bond motifs is 1. The van der Waals surface area contributed by atoms with E-state index in [4.69, 9.17) is 0 Å². The van der Waals surface area contributed by atoms with Gasteiger partial charge in [0.1, 0.15) is 0 Å². The Morgan fingerprint density at radius 3 is 2.26 bits per heavy atom. The second-order valence-electron chi connectivity index (χ2n) is 5.92. The van der Waals surface area contributed by atoms with Crippen LogP contribution < -0.4 is 4.74 Å². The van der Waals surface area contributed by atoms with Crippen LogP contribution in [-0.2, 0) is 4.79 Å². The second-order valence-corrected chi connectivity index (χ2v) is 5.92. The molecule has 0 saturated carbocycles. The Bertz CT molecular complexity index is 594. The molecule has 2 aliphatic rings. The summed E-state index contributed by atoms with van der Waals surface area (Å²) in [5.41, 5.74) is 0.343. The number of rotatable bonds is 3. The van der Waals surface area contributed by atoms with E-state index < -0.39 is 6.61 Å². The first-order chi connectivity index (χ1) is 10.9. The van der Waals surface area contributed by atoms with E-state index in [1.165, 1.54) is 18.3 Å². The molecule has 0 bridgehead atoms. The highest BCUT2D eigenvalue weighted by Gasteiger charge is 2.42. The minimum absolute atomic E-state index is 0.0658. The number of halogens is 2. The number of carbonyl (C=O) groups excluding carboxylic acids is 2. The molecule has 0 spiro atoms. The summed E-state index contributed by atoms with van der Waals surface area (Å²) in [7, 11) is 0. The molecule has 6 nitrogen and oxygen atoms in total. The van der Waals surface area contributed by atoms with Crippen LogP contribution in [0.3, 0.4) is 0 Å². The van der Waals surface area contributed by atoms with Gasteiger partial charge in [0.25, 0.3) is 5.91 Å². The minimum Gasteiger partial charge on any atom is -0.417 e. The maximum absolute atomic E-state index is 12.4. The number of carbonyl (C=O) groups is 2. The van der Waals surface area contributed by atoms with Crippen molar-refractivity contribution in [2.45, 2.75) is 13.5 Å². The maximum atomic E-state index is 12.4. The van der Waals surface area contributed by atoms with E-state index in [2.05, 4.69) is 9.72 Å². The quantitative estimate of drug-likeness (QED) is 0.839. The van der Waals surface area contributed by atoms with Gasteiger partial charge in [0.15, 0.2) is 0 Å². The van der Waals surface area contributed by atoms with Crippen LogP contribution in [0.15, 0.2) is 18.3 Å². The van der Waals surface area contributed by atoms with E-state index >= 15 is 0 Å². The molecule has 0 radical (unpaired) electrons. The van der Waals surface area contributed by atoms with Crippen LogP contribution in [0.5, 0.6) is 5.88 Å². The van der Waals surface area contributed by atoms with E-state index in [1.54, 1.807) is 11.8 Å². The fraction of sp³-hybridized carbons (Fsp3) is 0.533. The van der Waals surface area contributed by atoms with Crippen LogP contribution in [0.1, 0.15) is 17.3 Å². The Morgan fingerprint density at radius 2 is 1.78 bits per heavy atom. The summed E-state index contributed by atoms with van der Waals surface area (Å²) in [6.07, 6.45) is 1.25. The Morgan fingerprint density at radius 1 is 1.17 bits per heavy atom. The van der Waals surface area contributed by atoms with Gasteiger partial charge in [-0.2, -0.15) is 8.78 Å². The summed E-state index contributed by atoms with van der Waals surface area (Å²) in [6, 6.07) is 2.69. The van der Waals surface area contributed by atoms with Crippen molar-refractivity contribution in [3.8, 4) is 5.88 Å². The normalized spacial score (nSPS) is 23.3. The zero-order valence-electron chi connectivity index (χ0n) is 12.6. The van der Waals surface area contributed by atoms with Gasteiger partial charge in [-0.05, 0) is 6.07 Å². The summed E-state index contributed by atoms with van der Waals surface area (Å²) in [4.78, 5) is 31.1. The van der Waals surface area contributed by atoms with E-state index in [0.717, 1.165) is 0 Å². The number of hydrogen-bond acceptors (Lipinski definition) is 4. The zero-order valence-corrected chi connectivity index (χ0v) is 12.6. The molecular formula is C15H17F2N3O3. The van der Waals surface area contributed by atoms with Crippen LogP contribution in [-0.4, -0.2) is 59.4 Å². The molecule has 1 aromatic rings. The first kappa shape index (κ1) is 15.6. The molecule has 124 valence electrons. The second kappa shape index (κ2) is 6.10. The molecule has 8 heteroatoms. The zero-order chi connectivity index (χ0) is 16.6. The molecule has 1 aromatic heterocycles. The molecule has 2 aliphatic heterocycles. The first-order valence-electron chi connectivity index (χ1n) is 7.39. The molecule has 2 saturated heterocycles. The highest BCUT2D eigenvalue weighted by atomic mass is 19.3. The molecule has 3 rings (SSSR count). The van der Waals surface area contributed by atoms with Crippen LogP contribution in [0.25, 0.3) is 0 Å². The highest BCUT2D eigenvalue weighted by Crippen LogP contribution is 2.31. The molecule has 2 fully saturated rings. The van der Waals surface area contributed by atoms with Crippen LogP contribution in [0, 0.1) is 11.8 Å². The lowest BCUT2D eigenvalue weighted by Gasteiger charge is -2.21. The number of nitrogens with zero attached hydrogens (tertiary/aromatic N) is 3. The first-order valence-corrected chi connectivity index (χ1v) is 7.39. The molecule has 0 N–H and O–H groups in total. The predicted octanol–water partition coefficient (Wildman–Crippen LogP) is 1.23. The third-order valence-corrected chi connectivity index (χ3v) is 4.41. The summed E-state index contributed by atoms with van der Waals surface area (Å²) in [5, 5.41) is 0. The lowest BCUT2D eigenvalue weighted by Crippen LogP contribution is -2.34. The molecular weight excluding hydrogens is 308 g/mol. The average Bonchev–Trinajstić information content (AvgIpc) is 3.05. The smallest absolute Gasteiger partial charge is 0.388 e. The highest BCUT2D eigenvalue weighted by molar-refractivity contribution is 5.94. The van der Waals surface area contributed by atoms with E-state index in [9.17, 15) is 18.4 Å². The topological polar surface area (TPSA) is 62.7 Å². The van der Waals surface area contributed by atoms with Gasteiger partial charge in [-0.1, -0.05) is 0 Å². The number of aromatic nitrogens is 1. The standard InChI is InChI=1S/C15H17F2N3O3/c1-9(21)19-5-11-7-20(8-12(11)6-19)14(22)10-2-3-13(18-4-10)23-15(16)17/h2-4,11-12,15H,5-8H2,1H3/t11-,12+. The Hall–Kier alpha value is -2.25.